The largest absolute Gasteiger partial charge is 0.505 e. The molecule has 5 heteroatoms. The van der Waals surface area contributed by atoms with Gasteiger partial charge < -0.3 is 10.4 Å². The third kappa shape index (κ3) is 3.34. The third-order valence-electron chi connectivity index (χ3n) is 5.23. The molecule has 0 radical (unpaired) electrons. The molecule has 0 spiro atoms. The van der Waals surface area contributed by atoms with E-state index in [1.807, 2.05) is 0 Å². The van der Waals surface area contributed by atoms with E-state index in [4.69, 9.17) is 0 Å². The Morgan fingerprint density at radius 3 is 2.57 bits per heavy atom. The smallest absolute Gasteiger partial charge is 0.165 e. The molecular weight excluding hydrogens is 293 g/mol. The molecule has 23 heavy (non-hydrogen) atoms. The van der Waals surface area contributed by atoms with Crippen molar-refractivity contribution < 1.29 is 9.50 Å². The molecule has 0 bridgehead atoms. The number of phenolic OH excluding ortho intramolecular Hbond substituents is 1. The van der Waals surface area contributed by atoms with E-state index >= 15 is 0 Å². The summed E-state index contributed by atoms with van der Waals surface area (Å²) in [6, 6.07) is 4.78. The standard InChI is InChI=1S/C18H24FN3O/c19-15-7-6-14(12-20)16(18(15)23)17(13-4-2-1-3-5-13)22-10-8-21-9-11-22/h6-7,13,17,21,23H,1-5,8-11H2/t17-/m1/s1. The maximum atomic E-state index is 14.0. The summed E-state index contributed by atoms with van der Waals surface area (Å²) in [5, 5.41) is 23.2. The van der Waals surface area contributed by atoms with Gasteiger partial charge in [-0.25, -0.2) is 4.39 Å². The quantitative estimate of drug-likeness (QED) is 0.900. The number of nitriles is 1. The van der Waals surface area contributed by atoms with Crippen LogP contribution in [0.1, 0.15) is 49.3 Å². The van der Waals surface area contributed by atoms with Gasteiger partial charge in [-0.2, -0.15) is 5.26 Å². The van der Waals surface area contributed by atoms with Gasteiger partial charge in [0.25, 0.3) is 0 Å². The lowest BCUT2D eigenvalue weighted by Crippen LogP contribution is -2.47. The van der Waals surface area contributed by atoms with Gasteiger partial charge in [0, 0.05) is 37.8 Å². The predicted octanol–water partition coefficient (Wildman–Crippen LogP) is 2.93. The molecule has 1 saturated carbocycles. The van der Waals surface area contributed by atoms with Crippen LogP contribution in [0.15, 0.2) is 12.1 Å². The molecule has 4 nitrogen and oxygen atoms in total. The molecule has 1 heterocycles. The lowest BCUT2D eigenvalue weighted by molar-refractivity contribution is 0.101. The van der Waals surface area contributed by atoms with E-state index in [1.54, 1.807) is 0 Å². The predicted molar refractivity (Wildman–Crippen MR) is 86.5 cm³/mol. The summed E-state index contributed by atoms with van der Waals surface area (Å²) in [5.74, 6) is -0.588. The van der Waals surface area contributed by atoms with E-state index in [-0.39, 0.29) is 11.8 Å². The number of nitrogens with zero attached hydrogens (tertiary/aromatic N) is 2. The number of piperazine rings is 1. The molecule has 0 amide bonds. The lowest BCUT2D eigenvalue weighted by atomic mass is 9.78. The average molecular weight is 317 g/mol. The van der Waals surface area contributed by atoms with Crippen molar-refractivity contribution >= 4 is 0 Å². The second-order valence-corrected chi connectivity index (χ2v) is 6.60. The van der Waals surface area contributed by atoms with Gasteiger partial charge in [-0.15, -0.1) is 0 Å². The number of nitrogens with one attached hydrogen (secondary N) is 1. The Kier molecular flexibility index (Phi) is 5.14. The van der Waals surface area contributed by atoms with E-state index in [0.717, 1.165) is 39.0 Å². The summed E-state index contributed by atoms with van der Waals surface area (Å²) < 4.78 is 14.0. The first-order chi connectivity index (χ1) is 11.2. The van der Waals surface area contributed by atoms with Crippen molar-refractivity contribution in [2.24, 2.45) is 5.92 Å². The van der Waals surface area contributed by atoms with Gasteiger partial charge in [0.05, 0.1) is 11.6 Å². The van der Waals surface area contributed by atoms with Crippen LogP contribution < -0.4 is 5.32 Å². The Morgan fingerprint density at radius 2 is 1.91 bits per heavy atom. The molecule has 2 N–H and O–H groups in total. The molecule has 1 atom stereocenters. The highest BCUT2D eigenvalue weighted by Crippen LogP contribution is 2.43. The average Bonchev–Trinajstić information content (AvgIpc) is 2.61. The molecule has 1 saturated heterocycles. The molecule has 1 aliphatic heterocycles. The van der Waals surface area contributed by atoms with Crippen LogP contribution in [-0.2, 0) is 0 Å². The minimum atomic E-state index is -0.630. The summed E-state index contributed by atoms with van der Waals surface area (Å²) in [7, 11) is 0. The SMILES string of the molecule is N#Cc1ccc(F)c(O)c1[C@@H](C1CCCCC1)N1CCNCC1. The van der Waals surface area contributed by atoms with Gasteiger partial charge in [0.2, 0.25) is 0 Å². The minimum absolute atomic E-state index is 0.0669. The maximum absolute atomic E-state index is 14.0. The van der Waals surface area contributed by atoms with Crippen LogP contribution in [0.4, 0.5) is 4.39 Å². The first kappa shape index (κ1) is 16.2. The Hall–Kier alpha value is -1.64. The number of benzene rings is 1. The summed E-state index contributed by atoms with van der Waals surface area (Å²) in [6.45, 7) is 3.51. The topological polar surface area (TPSA) is 59.3 Å². The highest BCUT2D eigenvalue weighted by molar-refractivity contribution is 5.49. The van der Waals surface area contributed by atoms with Crippen molar-refractivity contribution in [3.8, 4) is 11.8 Å². The van der Waals surface area contributed by atoms with Gasteiger partial charge in [-0.3, -0.25) is 4.90 Å². The zero-order valence-electron chi connectivity index (χ0n) is 13.4. The Morgan fingerprint density at radius 1 is 1.22 bits per heavy atom. The first-order valence-corrected chi connectivity index (χ1v) is 8.58. The number of aromatic hydroxyl groups is 1. The highest BCUT2D eigenvalue weighted by atomic mass is 19.1. The van der Waals surface area contributed by atoms with Crippen molar-refractivity contribution in [1.29, 1.82) is 5.26 Å². The Labute approximate surface area is 136 Å². The lowest BCUT2D eigenvalue weighted by Gasteiger charge is -2.41. The molecule has 3 rings (SSSR count). The van der Waals surface area contributed by atoms with Gasteiger partial charge in [-0.1, -0.05) is 19.3 Å². The molecule has 0 unspecified atom stereocenters. The number of phenols is 1. The van der Waals surface area contributed by atoms with Crippen LogP contribution in [0.2, 0.25) is 0 Å². The van der Waals surface area contributed by atoms with E-state index in [1.165, 1.54) is 31.4 Å². The Balaban J connectivity index is 2.03. The van der Waals surface area contributed by atoms with Gasteiger partial charge in [0.15, 0.2) is 11.6 Å². The van der Waals surface area contributed by atoms with Crippen molar-refractivity contribution in [3.05, 3.63) is 29.1 Å². The molecule has 2 fully saturated rings. The second kappa shape index (κ2) is 7.29. The van der Waals surface area contributed by atoms with Gasteiger partial charge in [0.1, 0.15) is 0 Å². The summed E-state index contributed by atoms with van der Waals surface area (Å²) >= 11 is 0. The molecule has 1 aromatic rings. The summed E-state index contributed by atoms with van der Waals surface area (Å²) in [5.41, 5.74) is 0.902. The van der Waals surface area contributed by atoms with Crippen molar-refractivity contribution in [2.75, 3.05) is 26.2 Å². The van der Waals surface area contributed by atoms with Gasteiger partial charge in [-0.05, 0) is 30.9 Å². The van der Waals surface area contributed by atoms with Crippen molar-refractivity contribution in [1.82, 2.24) is 10.2 Å². The van der Waals surface area contributed by atoms with Crippen LogP contribution in [0.5, 0.6) is 5.75 Å². The molecule has 1 aliphatic carbocycles. The zero-order chi connectivity index (χ0) is 16.2. The molecule has 124 valence electrons. The first-order valence-electron chi connectivity index (χ1n) is 8.58. The fourth-order valence-corrected chi connectivity index (χ4v) is 4.10. The van der Waals surface area contributed by atoms with E-state index in [9.17, 15) is 14.8 Å². The van der Waals surface area contributed by atoms with Crippen LogP contribution in [0, 0.1) is 23.1 Å². The second-order valence-electron chi connectivity index (χ2n) is 6.60. The van der Waals surface area contributed by atoms with Crippen LogP contribution >= 0.6 is 0 Å². The molecule has 2 aliphatic rings. The zero-order valence-corrected chi connectivity index (χ0v) is 13.4. The molecular formula is C18H24FN3O. The monoisotopic (exact) mass is 317 g/mol. The minimum Gasteiger partial charge on any atom is -0.505 e. The van der Waals surface area contributed by atoms with Crippen molar-refractivity contribution in [3.63, 3.8) is 0 Å². The van der Waals surface area contributed by atoms with Crippen molar-refractivity contribution in [2.45, 2.75) is 38.1 Å². The van der Waals surface area contributed by atoms with Gasteiger partial charge >= 0.3 is 0 Å². The fourth-order valence-electron chi connectivity index (χ4n) is 4.10. The maximum Gasteiger partial charge on any atom is 0.165 e. The number of rotatable bonds is 3. The van der Waals surface area contributed by atoms with Crippen LogP contribution in [-0.4, -0.2) is 36.2 Å². The van der Waals surface area contributed by atoms with E-state index in [0.29, 0.717) is 17.0 Å². The Bertz CT molecular complexity index is 569. The normalized spacial score (nSPS) is 21.7. The summed E-state index contributed by atoms with van der Waals surface area (Å²) in [4.78, 5) is 2.32. The number of halogens is 1. The highest BCUT2D eigenvalue weighted by Gasteiger charge is 2.35. The van der Waals surface area contributed by atoms with Crippen LogP contribution in [0.25, 0.3) is 0 Å². The molecule has 0 aromatic heterocycles. The number of hydrogen-bond acceptors (Lipinski definition) is 4. The number of hydrogen-bond donors (Lipinski definition) is 2. The van der Waals surface area contributed by atoms with E-state index < -0.39 is 5.82 Å². The van der Waals surface area contributed by atoms with E-state index in [2.05, 4.69) is 16.3 Å². The molecule has 1 aromatic carbocycles. The van der Waals surface area contributed by atoms with Crippen LogP contribution in [0.3, 0.4) is 0 Å². The fraction of sp³-hybridized carbons (Fsp3) is 0.611. The third-order valence-corrected chi connectivity index (χ3v) is 5.23. The summed E-state index contributed by atoms with van der Waals surface area (Å²) in [6.07, 6.45) is 5.74.